The van der Waals surface area contributed by atoms with Crippen LogP contribution in [0.4, 0.5) is 0 Å². The van der Waals surface area contributed by atoms with Crippen molar-refractivity contribution in [3.05, 3.63) is 35.9 Å². The van der Waals surface area contributed by atoms with E-state index in [1.165, 1.54) is 0 Å². The second kappa shape index (κ2) is 7.65. The SMILES string of the molecule is CCCOP(=O)(Cc1ccccc1)OCCC. The molecule has 0 aliphatic carbocycles. The molecule has 1 aromatic rings. The smallest absolute Gasteiger partial charge is 0.308 e. The van der Waals surface area contributed by atoms with Crippen molar-refractivity contribution in [2.75, 3.05) is 13.2 Å². The van der Waals surface area contributed by atoms with Crippen molar-refractivity contribution < 1.29 is 13.6 Å². The molecule has 0 saturated heterocycles. The third-order valence-electron chi connectivity index (χ3n) is 2.20. The maximum absolute atomic E-state index is 12.5. The molecule has 0 unspecified atom stereocenters. The average Bonchev–Trinajstić information content (AvgIpc) is 2.35. The van der Waals surface area contributed by atoms with E-state index in [0.717, 1.165) is 18.4 Å². The summed E-state index contributed by atoms with van der Waals surface area (Å²) in [6, 6.07) is 9.68. The van der Waals surface area contributed by atoms with Gasteiger partial charge in [-0.15, -0.1) is 0 Å². The highest BCUT2D eigenvalue weighted by Gasteiger charge is 2.24. The van der Waals surface area contributed by atoms with Crippen LogP contribution in [0.25, 0.3) is 0 Å². The van der Waals surface area contributed by atoms with Crippen LogP contribution < -0.4 is 0 Å². The molecular weight excluding hydrogens is 235 g/mol. The molecule has 0 bridgehead atoms. The van der Waals surface area contributed by atoms with Crippen molar-refractivity contribution in [3.8, 4) is 0 Å². The molecule has 4 heteroatoms. The van der Waals surface area contributed by atoms with Crippen LogP contribution in [0.15, 0.2) is 30.3 Å². The zero-order valence-corrected chi connectivity index (χ0v) is 11.5. The van der Waals surface area contributed by atoms with Gasteiger partial charge in [0.05, 0.1) is 19.4 Å². The molecule has 0 saturated carbocycles. The Labute approximate surface area is 104 Å². The fraction of sp³-hybridized carbons (Fsp3) is 0.538. The molecule has 96 valence electrons. The molecule has 0 amide bonds. The monoisotopic (exact) mass is 256 g/mol. The van der Waals surface area contributed by atoms with Crippen LogP contribution in [0, 0.1) is 0 Å². The Morgan fingerprint density at radius 3 is 2.00 bits per heavy atom. The second-order valence-electron chi connectivity index (χ2n) is 3.92. The maximum Gasteiger partial charge on any atom is 0.335 e. The molecule has 0 atom stereocenters. The lowest BCUT2D eigenvalue weighted by Gasteiger charge is -2.18. The Kier molecular flexibility index (Phi) is 6.49. The van der Waals surface area contributed by atoms with E-state index in [1.54, 1.807) is 0 Å². The fourth-order valence-corrected chi connectivity index (χ4v) is 3.23. The number of hydrogen-bond donors (Lipinski definition) is 0. The summed E-state index contributed by atoms with van der Waals surface area (Å²) < 4.78 is 23.3. The molecule has 3 nitrogen and oxygen atoms in total. The fourth-order valence-electron chi connectivity index (χ4n) is 1.40. The molecule has 0 aliphatic rings. The topological polar surface area (TPSA) is 35.5 Å². The summed E-state index contributed by atoms with van der Waals surface area (Å²) in [5.41, 5.74) is 0.989. The van der Waals surface area contributed by atoms with Crippen molar-refractivity contribution in [2.24, 2.45) is 0 Å². The Morgan fingerprint density at radius 1 is 1.00 bits per heavy atom. The highest BCUT2D eigenvalue weighted by Crippen LogP contribution is 2.51. The highest BCUT2D eigenvalue weighted by atomic mass is 31.2. The lowest BCUT2D eigenvalue weighted by Crippen LogP contribution is -2.01. The summed E-state index contributed by atoms with van der Waals surface area (Å²) in [5, 5.41) is 0. The van der Waals surface area contributed by atoms with Gasteiger partial charge in [0.2, 0.25) is 0 Å². The van der Waals surface area contributed by atoms with Crippen LogP contribution in [0.5, 0.6) is 0 Å². The minimum absolute atomic E-state index is 0.355. The van der Waals surface area contributed by atoms with Crippen LogP contribution in [-0.2, 0) is 19.8 Å². The van der Waals surface area contributed by atoms with E-state index in [4.69, 9.17) is 9.05 Å². The van der Waals surface area contributed by atoms with Crippen molar-refractivity contribution in [2.45, 2.75) is 32.9 Å². The van der Waals surface area contributed by atoms with Crippen LogP contribution >= 0.6 is 7.60 Å². The van der Waals surface area contributed by atoms with Gasteiger partial charge in [-0.25, -0.2) is 0 Å². The van der Waals surface area contributed by atoms with E-state index in [0.29, 0.717) is 19.4 Å². The first-order valence-corrected chi connectivity index (χ1v) is 7.85. The van der Waals surface area contributed by atoms with Crippen molar-refractivity contribution >= 4 is 7.60 Å². The Bertz CT molecular complexity index is 339. The van der Waals surface area contributed by atoms with E-state index in [9.17, 15) is 4.57 Å². The van der Waals surface area contributed by atoms with E-state index >= 15 is 0 Å². The van der Waals surface area contributed by atoms with Crippen LogP contribution in [0.2, 0.25) is 0 Å². The van der Waals surface area contributed by atoms with Gasteiger partial charge in [-0.05, 0) is 18.4 Å². The molecule has 1 aromatic carbocycles. The molecule has 0 radical (unpaired) electrons. The first-order chi connectivity index (χ1) is 8.20. The predicted octanol–water partition coefficient (Wildman–Crippen LogP) is 4.23. The van der Waals surface area contributed by atoms with E-state index in [2.05, 4.69) is 0 Å². The van der Waals surface area contributed by atoms with E-state index in [-0.39, 0.29) is 0 Å². The molecule has 0 fully saturated rings. The van der Waals surface area contributed by atoms with E-state index in [1.807, 2.05) is 44.2 Å². The summed E-state index contributed by atoms with van der Waals surface area (Å²) in [6.45, 7) is 4.95. The summed E-state index contributed by atoms with van der Waals surface area (Å²) in [7, 11) is -2.97. The minimum atomic E-state index is -2.97. The summed E-state index contributed by atoms with van der Waals surface area (Å²) in [5.74, 6) is 0. The molecule has 0 aliphatic heterocycles. The number of benzene rings is 1. The zero-order chi connectivity index (χ0) is 12.6. The predicted molar refractivity (Wildman–Crippen MR) is 70.2 cm³/mol. The average molecular weight is 256 g/mol. The van der Waals surface area contributed by atoms with Crippen molar-refractivity contribution in [1.29, 1.82) is 0 Å². The number of hydrogen-bond acceptors (Lipinski definition) is 3. The first-order valence-electron chi connectivity index (χ1n) is 6.12. The van der Waals surface area contributed by atoms with Gasteiger partial charge in [-0.3, -0.25) is 4.57 Å². The van der Waals surface area contributed by atoms with Crippen molar-refractivity contribution in [3.63, 3.8) is 0 Å². The largest absolute Gasteiger partial charge is 0.335 e. The maximum atomic E-state index is 12.5. The Morgan fingerprint density at radius 2 is 1.53 bits per heavy atom. The molecule has 0 spiro atoms. The van der Waals surface area contributed by atoms with Crippen molar-refractivity contribution in [1.82, 2.24) is 0 Å². The molecule has 1 rings (SSSR count). The second-order valence-corrected chi connectivity index (χ2v) is 5.98. The molecule has 0 N–H and O–H groups in total. The Hall–Kier alpha value is -0.630. The quantitative estimate of drug-likeness (QED) is 0.653. The molecular formula is C13H21O3P. The van der Waals surface area contributed by atoms with Crippen LogP contribution in [0.1, 0.15) is 32.3 Å². The zero-order valence-electron chi connectivity index (χ0n) is 10.6. The van der Waals surface area contributed by atoms with Gasteiger partial charge in [-0.2, -0.15) is 0 Å². The van der Waals surface area contributed by atoms with Gasteiger partial charge >= 0.3 is 7.60 Å². The molecule has 17 heavy (non-hydrogen) atoms. The van der Waals surface area contributed by atoms with Crippen LogP contribution in [-0.4, -0.2) is 13.2 Å². The summed E-state index contributed by atoms with van der Waals surface area (Å²) in [4.78, 5) is 0. The standard InChI is InChI=1S/C13H21O3P/c1-3-10-15-17(14,16-11-4-2)12-13-8-6-5-7-9-13/h5-9H,3-4,10-12H2,1-2H3. The summed E-state index contributed by atoms with van der Waals surface area (Å²) >= 11 is 0. The van der Waals surface area contributed by atoms with Crippen LogP contribution in [0.3, 0.4) is 0 Å². The van der Waals surface area contributed by atoms with Gasteiger partial charge in [0.1, 0.15) is 0 Å². The lowest BCUT2D eigenvalue weighted by atomic mass is 10.2. The first kappa shape index (κ1) is 14.4. The number of rotatable bonds is 8. The van der Waals surface area contributed by atoms with Gasteiger partial charge in [0.15, 0.2) is 0 Å². The normalized spacial score (nSPS) is 11.6. The van der Waals surface area contributed by atoms with Gasteiger partial charge in [-0.1, -0.05) is 44.2 Å². The van der Waals surface area contributed by atoms with Gasteiger partial charge in [0, 0.05) is 0 Å². The van der Waals surface area contributed by atoms with Gasteiger partial charge < -0.3 is 9.05 Å². The summed E-state index contributed by atoms with van der Waals surface area (Å²) in [6.07, 6.45) is 2.04. The molecule has 0 heterocycles. The minimum Gasteiger partial charge on any atom is -0.308 e. The third kappa shape index (κ3) is 5.49. The third-order valence-corrected chi connectivity index (χ3v) is 4.11. The molecule has 0 aromatic heterocycles. The van der Waals surface area contributed by atoms with Gasteiger partial charge in [0.25, 0.3) is 0 Å². The van der Waals surface area contributed by atoms with E-state index < -0.39 is 7.60 Å². The Balaban J connectivity index is 2.65. The highest BCUT2D eigenvalue weighted by molar-refractivity contribution is 7.53. The lowest BCUT2D eigenvalue weighted by molar-refractivity contribution is 0.203.